The minimum atomic E-state index is -0.667. The van der Waals surface area contributed by atoms with Crippen molar-refractivity contribution in [1.82, 2.24) is 0 Å². The number of nitrogen functional groups attached to an aromatic ring is 1. The van der Waals surface area contributed by atoms with Gasteiger partial charge in [0.1, 0.15) is 11.5 Å². The highest BCUT2D eigenvalue weighted by Gasteiger charge is 2.06. The maximum Gasteiger partial charge on any atom is 0.127 e. The Morgan fingerprint density at radius 1 is 1.06 bits per heavy atom. The molecule has 4 heteroatoms. The summed E-state index contributed by atoms with van der Waals surface area (Å²) >= 11 is 0. The van der Waals surface area contributed by atoms with Crippen molar-refractivity contribution >= 4 is 5.69 Å². The highest BCUT2D eigenvalue weighted by atomic mass is 16.5. The van der Waals surface area contributed by atoms with Gasteiger partial charge in [0.25, 0.3) is 0 Å². The molecule has 0 radical (unpaired) electrons. The van der Waals surface area contributed by atoms with E-state index in [0.717, 1.165) is 5.56 Å². The molecule has 2 aromatic carbocycles. The third-order valence-electron chi connectivity index (χ3n) is 2.58. The lowest BCUT2D eigenvalue weighted by Gasteiger charge is -2.11. The Balaban J connectivity index is 2.16. The molecule has 5 N–H and O–H groups in total. The SMILES string of the molecule is NCC(O)c1cccc(Oc2ccc(N)cc2)c1. The van der Waals surface area contributed by atoms with Crippen LogP contribution < -0.4 is 16.2 Å². The average molecular weight is 244 g/mol. The van der Waals surface area contributed by atoms with Crippen LogP contribution in [-0.2, 0) is 0 Å². The Morgan fingerprint density at radius 3 is 2.44 bits per heavy atom. The zero-order valence-electron chi connectivity index (χ0n) is 9.91. The number of rotatable bonds is 4. The third kappa shape index (κ3) is 3.00. The van der Waals surface area contributed by atoms with Crippen LogP contribution in [0.25, 0.3) is 0 Å². The molecule has 0 aliphatic heterocycles. The van der Waals surface area contributed by atoms with Crippen molar-refractivity contribution in [1.29, 1.82) is 0 Å². The van der Waals surface area contributed by atoms with Crippen molar-refractivity contribution in [3.8, 4) is 11.5 Å². The molecule has 0 saturated carbocycles. The van der Waals surface area contributed by atoms with Crippen LogP contribution in [0.3, 0.4) is 0 Å². The number of hydrogen-bond donors (Lipinski definition) is 3. The Bertz CT molecular complexity index is 511. The first kappa shape index (κ1) is 12.4. The van der Waals surface area contributed by atoms with E-state index in [-0.39, 0.29) is 6.54 Å². The van der Waals surface area contributed by atoms with E-state index in [1.165, 1.54) is 0 Å². The van der Waals surface area contributed by atoms with Crippen LogP contribution in [0, 0.1) is 0 Å². The van der Waals surface area contributed by atoms with E-state index in [9.17, 15) is 5.11 Å². The van der Waals surface area contributed by atoms with Gasteiger partial charge in [0.05, 0.1) is 6.10 Å². The summed E-state index contributed by atoms with van der Waals surface area (Å²) in [5.41, 5.74) is 12.4. The van der Waals surface area contributed by atoms with Crippen molar-refractivity contribution in [2.75, 3.05) is 12.3 Å². The summed E-state index contributed by atoms with van der Waals surface area (Å²) in [5.74, 6) is 1.35. The third-order valence-corrected chi connectivity index (χ3v) is 2.58. The van der Waals surface area contributed by atoms with Crippen LogP contribution in [0.4, 0.5) is 5.69 Å². The van der Waals surface area contributed by atoms with Crippen molar-refractivity contribution in [3.05, 3.63) is 54.1 Å². The number of anilines is 1. The Morgan fingerprint density at radius 2 is 1.78 bits per heavy atom. The largest absolute Gasteiger partial charge is 0.457 e. The Hall–Kier alpha value is -2.04. The molecule has 0 fully saturated rings. The standard InChI is InChI=1S/C14H16N2O2/c15-9-14(17)10-2-1-3-13(8-10)18-12-6-4-11(16)5-7-12/h1-8,14,17H,9,15-16H2. The van der Waals surface area contributed by atoms with Crippen molar-refractivity contribution in [2.45, 2.75) is 6.10 Å². The first-order valence-corrected chi connectivity index (χ1v) is 5.70. The second-order valence-electron chi connectivity index (χ2n) is 4.00. The number of hydrogen-bond acceptors (Lipinski definition) is 4. The fourth-order valence-electron chi connectivity index (χ4n) is 1.59. The minimum absolute atomic E-state index is 0.186. The molecule has 18 heavy (non-hydrogen) atoms. The number of aliphatic hydroxyl groups is 1. The molecule has 0 bridgehead atoms. The predicted molar refractivity (Wildman–Crippen MR) is 71.4 cm³/mol. The first-order valence-electron chi connectivity index (χ1n) is 5.70. The van der Waals surface area contributed by atoms with Gasteiger partial charge < -0.3 is 21.3 Å². The maximum atomic E-state index is 9.66. The van der Waals surface area contributed by atoms with Gasteiger partial charge >= 0.3 is 0 Å². The first-order chi connectivity index (χ1) is 8.69. The van der Waals surface area contributed by atoms with Crippen LogP contribution in [0.2, 0.25) is 0 Å². The van der Waals surface area contributed by atoms with E-state index in [1.807, 2.05) is 18.2 Å². The fraction of sp³-hybridized carbons (Fsp3) is 0.143. The summed E-state index contributed by atoms with van der Waals surface area (Å²) in [6, 6.07) is 14.4. The number of ether oxygens (including phenoxy) is 1. The molecule has 0 saturated heterocycles. The van der Waals surface area contributed by atoms with Crippen molar-refractivity contribution < 1.29 is 9.84 Å². The van der Waals surface area contributed by atoms with E-state index in [1.54, 1.807) is 30.3 Å². The molecule has 0 aromatic heterocycles. The van der Waals surface area contributed by atoms with E-state index in [2.05, 4.69) is 0 Å². The van der Waals surface area contributed by atoms with Crippen LogP contribution in [-0.4, -0.2) is 11.7 Å². The molecule has 94 valence electrons. The topological polar surface area (TPSA) is 81.5 Å². The van der Waals surface area contributed by atoms with Crippen molar-refractivity contribution in [3.63, 3.8) is 0 Å². The second kappa shape index (κ2) is 5.53. The number of nitrogens with two attached hydrogens (primary N) is 2. The van der Waals surface area contributed by atoms with Gasteiger partial charge in [-0.15, -0.1) is 0 Å². The monoisotopic (exact) mass is 244 g/mol. The fourth-order valence-corrected chi connectivity index (χ4v) is 1.59. The summed E-state index contributed by atoms with van der Waals surface area (Å²) in [6.07, 6.45) is -0.667. The minimum Gasteiger partial charge on any atom is -0.457 e. The molecule has 0 aliphatic rings. The molecule has 2 aromatic rings. The maximum absolute atomic E-state index is 9.66. The molecular formula is C14H16N2O2. The van der Waals surface area contributed by atoms with Crippen LogP contribution in [0.5, 0.6) is 11.5 Å². The summed E-state index contributed by atoms with van der Waals surface area (Å²) in [5, 5.41) is 9.66. The van der Waals surface area contributed by atoms with Crippen LogP contribution in [0.1, 0.15) is 11.7 Å². The molecule has 0 amide bonds. The number of aliphatic hydroxyl groups excluding tert-OH is 1. The molecule has 0 heterocycles. The number of benzene rings is 2. The average Bonchev–Trinajstić information content (AvgIpc) is 2.41. The zero-order valence-corrected chi connectivity index (χ0v) is 9.91. The van der Waals surface area contributed by atoms with Gasteiger partial charge in [-0.1, -0.05) is 12.1 Å². The highest BCUT2D eigenvalue weighted by Crippen LogP contribution is 2.24. The molecular weight excluding hydrogens is 228 g/mol. The smallest absolute Gasteiger partial charge is 0.127 e. The van der Waals surface area contributed by atoms with E-state index in [4.69, 9.17) is 16.2 Å². The molecule has 1 unspecified atom stereocenters. The van der Waals surface area contributed by atoms with Gasteiger partial charge in [0.2, 0.25) is 0 Å². The lowest BCUT2D eigenvalue weighted by Crippen LogP contribution is -2.11. The van der Waals surface area contributed by atoms with E-state index >= 15 is 0 Å². The molecule has 2 rings (SSSR count). The summed E-state index contributed by atoms with van der Waals surface area (Å²) < 4.78 is 5.66. The lowest BCUT2D eigenvalue weighted by molar-refractivity contribution is 0.186. The van der Waals surface area contributed by atoms with Crippen molar-refractivity contribution in [2.24, 2.45) is 5.73 Å². The van der Waals surface area contributed by atoms with Crippen LogP contribution >= 0.6 is 0 Å². The molecule has 1 atom stereocenters. The normalized spacial score (nSPS) is 12.1. The molecule has 4 nitrogen and oxygen atoms in total. The summed E-state index contributed by atoms with van der Waals surface area (Å²) in [4.78, 5) is 0. The van der Waals surface area contributed by atoms with E-state index < -0.39 is 6.10 Å². The zero-order chi connectivity index (χ0) is 13.0. The molecule has 0 aliphatic carbocycles. The predicted octanol–water partition coefficient (Wildman–Crippen LogP) is 2.05. The Labute approximate surface area is 106 Å². The van der Waals surface area contributed by atoms with Gasteiger partial charge in [-0.25, -0.2) is 0 Å². The van der Waals surface area contributed by atoms with Gasteiger partial charge in [0, 0.05) is 12.2 Å². The Kier molecular flexibility index (Phi) is 3.82. The van der Waals surface area contributed by atoms with Gasteiger partial charge in [0.15, 0.2) is 0 Å². The van der Waals surface area contributed by atoms with Gasteiger partial charge in [-0.05, 0) is 42.0 Å². The van der Waals surface area contributed by atoms with Gasteiger partial charge in [-0.2, -0.15) is 0 Å². The highest BCUT2D eigenvalue weighted by molar-refractivity contribution is 5.43. The second-order valence-corrected chi connectivity index (χ2v) is 4.00. The lowest BCUT2D eigenvalue weighted by atomic mass is 10.1. The van der Waals surface area contributed by atoms with Crippen LogP contribution in [0.15, 0.2) is 48.5 Å². The quantitative estimate of drug-likeness (QED) is 0.719. The summed E-state index contributed by atoms with van der Waals surface area (Å²) in [6.45, 7) is 0.186. The molecule has 0 spiro atoms. The van der Waals surface area contributed by atoms with E-state index in [0.29, 0.717) is 17.2 Å². The van der Waals surface area contributed by atoms with Gasteiger partial charge in [-0.3, -0.25) is 0 Å². The summed E-state index contributed by atoms with van der Waals surface area (Å²) in [7, 11) is 0.